The smallest absolute Gasteiger partial charge is 0.282 e. The molecule has 2 heterocycles. The summed E-state index contributed by atoms with van der Waals surface area (Å²) in [6.07, 6.45) is -0.145. The van der Waals surface area contributed by atoms with Crippen LogP contribution in [0.15, 0.2) is 36.4 Å². The van der Waals surface area contributed by atoms with Crippen LogP contribution in [0.4, 0.5) is 10.8 Å². The van der Waals surface area contributed by atoms with Gasteiger partial charge in [0.1, 0.15) is 5.56 Å². The molecule has 0 bridgehead atoms. The Hall–Kier alpha value is -3.66. The van der Waals surface area contributed by atoms with Gasteiger partial charge < -0.3 is 5.32 Å². The maximum atomic E-state index is 12.5. The maximum absolute atomic E-state index is 12.5. The van der Waals surface area contributed by atoms with Crippen LogP contribution in [0.3, 0.4) is 0 Å². The lowest BCUT2D eigenvalue weighted by molar-refractivity contribution is -0.385. The van der Waals surface area contributed by atoms with E-state index in [2.05, 4.69) is 10.3 Å². The molecule has 3 aromatic rings. The van der Waals surface area contributed by atoms with E-state index in [1.54, 1.807) is 0 Å². The molecule has 1 aliphatic rings. The van der Waals surface area contributed by atoms with Crippen molar-refractivity contribution in [1.29, 1.82) is 0 Å². The van der Waals surface area contributed by atoms with Crippen molar-refractivity contribution >= 4 is 50.1 Å². The molecular weight excluding hydrogens is 396 g/mol. The zero-order valence-corrected chi connectivity index (χ0v) is 16.0. The summed E-state index contributed by atoms with van der Waals surface area (Å²) >= 11 is 1.33. The number of rotatable bonds is 5. The number of nitrogens with one attached hydrogen (secondary N) is 1. The number of thiazole rings is 1. The summed E-state index contributed by atoms with van der Waals surface area (Å²) in [4.78, 5) is 52.9. The van der Waals surface area contributed by atoms with Crippen molar-refractivity contribution in [2.24, 2.45) is 0 Å². The van der Waals surface area contributed by atoms with Gasteiger partial charge in [-0.25, -0.2) is 4.98 Å². The van der Waals surface area contributed by atoms with Gasteiger partial charge in [0.05, 0.1) is 20.7 Å². The number of hydrogen-bond donors (Lipinski definition) is 1. The van der Waals surface area contributed by atoms with Gasteiger partial charge in [0.2, 0.25) is 5.91 Å². The minimum atomic E-state index is -0.763. The summed E-state index contributed by atoms with van der Waals surface area (Å²) in [5, 5.41) is 14.2. The van der Waals surface area contributed by atoms with Gasteiger partial charge in [-0.05, 0) is 30.7 Å². The van der Waals surface area contributed by atoms with Crippen LogP contribution < -0.4 is 5.32 Å². The Kier molecular flexibility index (Phi) is 4.55. The number of benzene rings is 2. The molecule has 0 fully saturated rings. The van der Waals surface area contributed by atoms with E-state index in [0.29, 0.717) is 5.13 Å². The number of aryl methyl sites for hydroxylation is 1. The van der Waals surface area contributed by atoms with Crippen LogP contribution in [0, 0.1) is 17.0 Å². The van der Waals surface area contributed by atoms with Gasteiger partial charge in [-0.2, -0.15) is 0 Å². The van der Waals surface area contributed by atoms with E-state index in [-0.39, 0.29) is 24.1 Å². The largest absolute Gasteiger partial charge is 0.302 e. The van der Waals surface area contributed by atoms with Gasteiger partial charge in [0.25, 0.3) is 17.5 Å². The molecule has 146 valence electrons. The van der Waals surface area contributed by atoms with Crippen LogP contribution in [0.5, 0.6) is 0 Å². The quantitative estimate of drug-likeness (QED) is 0.392. The topological polar surface area (TPSA) is 123 Å². The van der Waals surface area contributed by atoms with Gasteiger partial charge >= 0.3 is 0 Å². The number of nitro benzene ring substituents is 1. The average molecular weight is 410 g/mol. The maximum Gasteiger partial charge on any atom is 0.282 e. The van der Waals surface area contributed by atoms with Crippen molar-refractivity contribution in [3.8, 4) is 0 Å². The third-order valence-electron chi connectivity index (χ3n) is 4.53. The molecule has 1 aliphatic heterocycles. The molecule has 2 aromatic carbocycles. The van der Waals surface area contributed by atoms with Gasteiger partial charge in [-0.1, -0.05) is 23.5 Å². The Bertz CT molecular complexity index is 1200. The summed E-state index contributed by atoms with van der Waals surface area (Å²) < 4.78 is 0.938. The van der Waals surface area contributed by atoms with E-state index in [4.69, 9.17) is 0 Å². The second-order valence-electron chi connectivity index (χ2n) is 6.51. The lowest BCUT2D eigenvalue weighted by Gasteiger charge is -2.12. The SMILES string of the molecule is Cc1ccc2nc(NC(=O)CCN3C(=O)c4cccc([N+](=O)[O-])c4C3=O)sc2c1. The van der Waals surface area contributed by atoms with Gasteiger partial charge in [0, 0.05) is 19.0 Å². The van der Waals surface area contributed by atoms with E-state index in [1.165, 1.54) is 29.5 Å². The predicted octanol–water partition coefficient (Wildman–Crippen LogP) is 3.14. The number of anilines is 1. The standard InChI is InChI=1S/C19H14N4O5S/c1-10-5-6-12-14(9-10)29-19(20-12)21-15(24)7-8-22-17(25)11-3-2-4-13(23(27)28)16(11)18(22)26/h2-6,9H,7-8H2,1H3,(H,20,21,24). The Morgan fingerprint density at radius 1 is 1.24 bits per heavy atom. The summed E-state index contributed by atoms with van der Waals surface area (Å²) in [7, 11) is 0. The number of amides is 3. The van der Waals surface area contributed by atoms with Crippen molar-refractivity contribution in [3.05, 3.63) is 63.2 Å². The highest BCUT2D eigenvalue weighted by molar-refractivity contribution is 7.22. The molecular formula is C19H14N4O5S. The summed E-state index contributed by atoms with van der Waals surface area (Å²) in [5.74, 6) is -1.82. The van der Waals surface area contributed by atoms with E-state index < -0.39 is 28.3 Å². The number of aromatic nitrogens is 1. The summed E-state index contributed by atoms with van der Waals surface area (Å²) in [5.41, 5.74) is 1.18. The number of fused-ring (bicyclic) bond motifs is 2. The second-order valence-corrected chi connectivity index (χ2v) is 7.54. The van der Waals surface area contributed by atoms with Crippen molar-refractivity contribution in [1.82, 2.24) is 9.88 Å². The zero-order valence-electron chi connectivity index (χ0n) is 15.2. The fraction of sp³-hybridized carbons (Fsp3) is 0.158. The first-order chi connectivity index (χ1) is 13.8. The van der Waals surface area contributed by atoms with Crippen LogP contribution in [-0.2, 0) is 4.79 Å². The van der Waals surface area contributed by atoms with Crippen LogP contribution in [0.2, 0.25) is 0 Å². The molecule has 29 heavy (non-hydrogen) atoms. The zero-order chi connectivity index (χ0) is 20.7. The molecule has 1 aromatic heterocycles. The Morgan fingerprint density at radius 2 is 2.03 bits per heavy atom. The van der Waals surface area contributed by atoms with Crippen molar-refractivity contribution in [2.75, 3.05) is 11.9 Å². The van der Waals surface area contributed by atoms with Crippen LogP contribution in [0.25, 0.3) is 10.2 Å². The molecule has 0 radical (unpaired) electrons. The average Bonchev–Trinajstić information content (AvgIpc) is 3.18. The Balaban J connectivity index is 1.45. The number of hydrogen-bond acceptors (Lipinski definition) is 7. The highest BCUT2D eigenvalue weighted by atomic mass is 32.1. The number of nitro groups is 1. The fourth-order valence-corrected chi connectivity index (χ4v) is 4.13. The molecule has 9 nitrogen and oxygen atoms in total. The van der Waals surface area contributed by atoms with Gasteiger partial charge in [0.15, 0.2) is 5.13 Å². The molecule has 4 rings (SSSR count). The number of nitrogens with zero attached hydrogens (tertiary/aromatic N) is 3. The molecule has 0 atom stereocenters. The minimum Gasteiger partial charge on any atom is -0.302 e. The second kappa shape index (κ2) is 7.06. The number of imide groups is 1. The first-order valence-electron chi connectivity index (χ1n) is 8.66. The Labute approximate surface area is 168 Å². The third kappa shape index (κ3) is 3.34. The molecule has 10 heteroatoms. The van der Waals surface area contributed by atoms with Crippen molar-refractivity contribution in [3.63, 3.8) is 0 Å². The normalized spacial score (nSPS) is 13.1. The molecule has 0 saturated heterocycles. The molecule has 0 saturated carbocycles. The van der Waals surface area contributed by atoms with Crippen LogP contribution in [-0.4, -0.2) is 39.1 Å². The lowest BCUT2D eigenvalue weighted by Crippen LogP contribution is -2.33. The van der Waals surface area contributed by atoms with Crippen LogP contribution in [0.1, 0.15) is 32.7 Å². The molecule has 0 spiro atoms. The monoisotopic (exact) mass is 410 g/mol. The minimum absolute atomic E-state index is 0.0221. The highest BCUT2D eigenvalue weighted by Crippen LogP contribution is 2.31. The van der Waals surface area contributed by atoms with E-state index >= 15 is 0 Å². The summed E-state index contributed by atoms with van der Waals surface area (Å²) in [6.45, 7) is 1.78. The molecule has 3 amide bonds. The molecule has 0 aliphatic carbocycles. The lowest BCUT2D eigenvalue weighted by atomic mass is 10.1. The van der Waals surface area contributed by atoms with Gasteiger partial charge in [-0.3, -0.25) is 29.4 Å². The highest BCUT2D eigenvalue weighted by Gasteiger charge is 2.40. The van der Waals surface area contributed by atoms with Gasteiger partial charge in [-0.15, -0.1) is 0 Å². The summed E-state index contributed by atoms with van der Waals surface area (Å²) in [6, 6.07) is 9.65. The molecule has 0 unspecified atom stereocenters. The third-order valence-corrected chi connectivity index (χ3v) is 5.46. The van der Waals surface area contributed by atoms with Crippen molar-refractivity contribution < 1.29 is 19.3 Å². The fourth-order valence-electron chi connectivity index (χ4n) is 3.15. The first-order valence-corrected chi connectivity index (χ1v) is 9.47. The number of carbonyl (C=O) groups excluding carboxylic acids is 3. The first kappa shape index (κ1) is 18.7. The van der Waals surface area contributed by atoms with Crippen molar-refractivity contribution in [2.45, 2.75) is 13.3 Å². The van der Waals surface area contributed by atoms with E-state index in [9.17, 15) is 24.5 Å². The Morgan fingerprint density at radius 3 is 2.79 bits per heavy atom. The number of carbonyl (C=O) groups is 3. The molecule has 1 N–H and O–H groups in total. The van der Waals surface area contributed by atoms with E-state index in [0.717, 1.165) is 20.7 Å². The van der Waals surface area contributed by atoms with E-state index in [1.807, 2.05) is 25.1 Å². The predicted molar refractivity (Wildman–Crippen MR) is 106 cm³/mol. The van der Waals surface area contributed by atoms with Crippen LogP contribution >= 0.6 is 11.3 Å².